The van der Waals surface area contributed by atoms with E-state index in [1.54, 1.807) is 0 Å². The van der Waals surface area contributed by atoms with Crippen LogP contribution in [0.3, 0.4) is 0 Å². The number of benzene rings is 4. The van der Waals surface area contributed by atoms with E-state index in [1.165, 1.54) is 0 Å². The van der Waals surface area contributed by atoms with Crippen molar-refractivity contribution in [1.29, 1.82) is 0 Å². The summed E-state index contributed by atoms with van der Waals surface area (Å²) in [5.41, 5.74) is 7.70. The van der Waals surface area contributed by atoms with Gasteiger partial charge in [-0.1, -0.05) is 125 Å². The molecular weight excluding hydrogens is 496 g/mol. The van der Waals surface area contributed by atoms with E-state index < -0.39 is 0 Å². The first-order chi connectivity index (χ1) is 17.1. The van der Waals surface area contributed by atoms with E-state index in [0.29, 0.717) is 0 Å². The number of halogens is 1. The average molecular weight is 519 g/mol. The number of alkyl halides is 1. The second kappa shape index (κ2) is 10.2. The molecule has 4 aromatic carbocycles. The molecule has 170 valence electrons. The van der Waals surface area contributed by atoms with Crippen molar-refractivity contribution >= 4 is 39.6 Å². The van der Waals surface area contributed by atoms with E-state index >= 15 is 0 Å². The molecule has 1 atom stereocenters. The third-order valence-corrected chi connectivity index (χ3v) is 7.20. The van der Waals surface area contributed by atoms with Crippen LogP contribution >= 0.6 is 15.9 Å². The topological polar surface area (TPSA) is 34.1 Å². The lowest BCUT2D eigenvalue weighted by Gasteiger charge is -2.03. The molecule has 0 spiro atoms. The number of carbonyl (C=O) groups excluding carboxylic acids is 2. The third-order valence-electron chi connectivity index (χ3n) is 6.21. The van der Waals surface area contributed by atoms with E-state index in [-0.39, 0.29) is 16.4 Å². The lowest BCUT2D eigenvalue weighted by molar-refractivity contribution is 0.103. The van der Waals surface area contributed by atoms with Crippen molar-refractivity contribution < 1.29 is 9.59 Å². The zero-order valence-corrected chi connectivity index (χ0v) is 20.6. The van der Waals surface area contributed by atoms with Gasteiger partial charge in [0.15, 0.2) is 11.6 Å². The maximum absolute atomic E-state index is 12.3. The zero-order valence-electron chi connectivity index (χ0n) is 19.0. The highest BCUT2D eigenvalue weighted by atomic mass is 79.9. The van der Waals surface area contributed by atoms with Gasteiger partial charge >= 0.3 is 0 Å². The van der Waals surface area contributed by atoms with Crippen LogP contribution in [0.1, 0.15) is 47.8 Å². The fourth-order valence-corrected chi connectivity index (χ4v) is 5.19. The Hall–Kier alpha value is -3.82. The molecule has 35 heavy (non-hydrogen) atoms. The summed E-state index contributed by atoms with van der Waals surface area (Å²) in [7, 11) is 0. The standard InChI is InChI=1S/C16H11BrO.C16H12O/c17-15-12-8-4-5-9-13(12)16(18)14(15)10-11-6-2-1-3-7-11;17-16-14(10-12-6-2-1-3-7-12)11-13-8-4-5-9-15(13)16/h1-10,15H;1-10H,11H2/b2*14-10+. The monoisotopic (exact) mass is 518 g/mol. The normalized spacial score (nSPS) is 18.3. The van der Waals surface area contributed by atoms with Gasteiger partial charge < -0.3 is 0 Å². The summed E-state index contributed by atoms with van der Waals surface area (Å²) in [5.74, 6) is 0.292. The van der Waals surface area contributed by atoms with Gasteiger partial charge in [0.05, 0.1) is 4.83 Å². The summed E-state index contributed by atoms with van der Waals surface area (Å²) in [6.07, 6.45) is 4.70. The van der Waals surface area contributed by atoms with Gasteiger partial charge in [0.1, 0.15) is 0 Å². The molecule has 0 fully saturated rings. The van der Waals surface area contributed by atoms with Gasteiger partial charge in [0.25, 0.3) is 0 Å². The Morgan fingerprint density at radius 2 is 1.14 bits per heavy atom. The zero-order chi connectivity index (χ0) is 24.2. The molecule has 0 N–H and O–H groups in total. The minimum atomic E-state index is 0.00130. The van der Waals surface area contributed by atoms with Crippen LogP contribution in [0.25, 0.3) is 12.2 Å². The van der Waals surface area contributed by atoms with Gasteiger partial charge in [0.2, 0.25) is 0 Å². The highest BCUT2D eigenvalue weighted by molar-refractivity contribution is 9.09. The maximum atomic E-state index is 12.3. The lowest BCUT2D eigenvalue weighted by atomic mass is 10.1. The number of ketones is 2. The van der Waals surface area contributed by atoms with E-state index in [9.17, 15) is 9.59 Å². The Bertz CT molecular complexity index is 1450. The minimum absolute atomic E-state index is 0.00130. The molecule has 6 rings (SSSR count). The van der Waals surface area contributed by atoms with Gasteiger partial charge in [-0.2, -0.15) is 0 Å². The highest BCUT2D eigenvalue weighted by Gasteiger charge is 2.32. The van der Waals surface area contributed by atoms with Gasteiger partial charge in [0, 0.05) is 28.7 Å². The Kier molecular flexibility index (Phi) is 6.69. The van der Waals surface area contributed by atoms with Crippen LogP contribution in [0.2, 0.25) is 0 Å². The molecule has 0 saturated heterocycles. The van der Waals surface area contributed by atoms with E-state index in [1.807, 2.05) is 121 Å². The molecule has 4 aromatic rings. The first-order valence-corrected chi connectivity index (χ1v) is 12.5. The number of hydrogen-bond acceptors (Lipinski definition) is 2. The minimum Gasteiger partial charge on any atom is -0.289 e. The van der Waals surface area contributed by atoms with Crippen molar-refractivity contribution in [1.82, 2.24) is 0 Å². The number of Topliss-reactive ketones (excluding diaryl/α,β-unsaturated/α-hetero) is 2. The Morgan fingerprint density at radius 1 is 0.600 bits per heavy atom. The first kappa shape index (κ1) is 22.9. The molecule has 2 aliphatic carbocycles. The summed E-state index contributed by atoms with van der Waals surface area (Å²) < 4.78 is 0. The van der Waals surface area contributed by atoms with E-state index in [4.69, 9.17) is 0 Å². The first-order valence-electron chi connectivity index (χ1n) is 11.5. The van der Waals surface area contributed by atoms with Crippen LogP contribution < -0.4 is 0 Å². The van der Waals surface area contributed by atoms with Crippen molar-refractivity contribution in [3.05, 3.63) is 154 Å². The van der Waals surface area contributed by atoms with Crippen molar-refractivity contribution in [3.8, 4) is 0 Å². The van der Waals surface area contributed by atoms with Crippen molar-refractivity contribution in [2.24, 2.45) is 0 Å². The van der Waals surface area contributed by atoms with Gasteiger partial charge in [-0.3, -0.25) is 9.59 Å². The molecule has 0 heterocycles. The van der Waals surface area contributed by atoms with Crippen molar-refractivity contribution in [2.45, 2.75) is 11.2 Å². The number of allylic oxidation sites excluding steroid dienone is 2. The lowest BCUT2D eigenvalue weighted by Crippen LogP contribution is -1.95. The van der Waals surface area contributed by atoms with Crippen LogP contribution in [0, 0.1) is 0 Å². The van der Waals surface area contributed by atoms with Crippen LogP contribution in [-0.4, -0.2) is 11.6 Å². The van der Waals surface area contributed by atoms with Crippen molar-refractivity contribution in [3.63, 3.8) is 0 Å². The van der Waals surface area contributed by atoms with Gasteiger partial charge in [-0.15, -0.1) is 0 Å². The summed E-state index contributed by atoms with van der Waals surface area (Å²) in [6, 6.07) is 35.5. The van der Waals surface area contributed by atoms with E-state index in [2.05, 4.69) is 15.9 Å². The summed E-state index contributed by atoms with van der Waals surface area (Å²) in [5, 5.41) is 0. The summed E-state index contributed by atoms with van der Waals surface area (Å²) in [4.78, 5) is 24.4. The van der Waals surface area contributed by atoms with Crippen LogP contribution in [0.4, 0.5) is 0 Å². The molecule has 0 saturated carbocycles. The summed E-state index contributed by atoms with van der Waals surface area (Å²) in [6.45, 7) is 0. The number of carbonyl (C=O) groups is 2. The molecule has 3 heteroatoms. The van der Waals surface area contributed by atoms with Crippen LogP contribution in [0.15, 0.2) is 120 Å². The third kappa shape index (κ3) is 4.87. The highest BCUT2D eigenvalue weighted by Crippen LogP contribution is 2.42. The predicted octanol–water partition coefficient (Wildman–Crippen LogP) is 7.91. The van der Waals surface area contributed by atoms with Gasteiger partial charge in [-0.25, -0.2) is 0 Å². The van der Waals surface area contributed by atoms with Crippen molar-refractivity contribution in [2.75, 3.05) is 0 Å². The summed E-state index contributed by atoms with van der Waals surface area (Å²) >= 11 is 3.61. The fourth-order valence-electron chi connectivity index (χ4n) is 4.45. The van der Waals surface area contributed by atoms with E-state index in [0.717, 1.165) is 50.9 Å². The molecule has 0 amide bonds. The Balaban J connectivity index is 0.000000145. The Labute approximate surface area is 213 Å². The quantitative estimate of drug-likeness (QED) is 0.199. The molecular formula is C32H23BrO2. The largest absolute Gasteiger partial charge is 0.289 e. The van der Waals surface area contributed by atoms with Crippen LogP contribution in [-0.2, 0) is 6.42 Å². The second-order valence-electron chi connectivity index (χ2n) is 8.53. The predicted molar refractivity (Wildman–Crippen MR) is 146 cm³/mol. The number of hydrogen-bond donors (Lipinski definition) is 0. The molecule has 0 aromatic heterocycles. The fraction of sp³-hybridized carbons (Fsp3) is 0.0625. The molecule has 0 aliphatic heterocycles. The van der Waals surface area contributed by atoms with Gasteiger partial charge in [-0.05, 0) is 34.4 Å². The molecule has 2 nitrogen and oxygen atoms in total. The average Bonchev–Trinajstić information content (AvgIpc) is 3.35. The maximum Gasteiger partial charge on any atom is 0.190 e. The second-order valence-corrected chi connectivity index (χ2v) is 9.45. The number of fused-ring (bicyclic) bond motifs is 2. The number of rotatable bonds is 2. The molecule has 0 bridgehead atoms. The van der Waals surface area contributed by atoms with Crippen LogP contribution in [0.5, 0.6) is 0 Å². The SMILES string of the molecule is O=C1/C(=C/c2ccccc2)C(Br)c2ccccc21.O=C1/C(=C/c2ccccc2)Cc2ccccc21. The molecule has 2 aliphatic rings. The Morgan fingerprint density at radius 3 is 1.77 bits per heavy atom. The molecule has 1 unspecified atom stereocenters. The smallest absolute Gasteiger partial charge is 0.190 e. The molecule has 0 radical (unpaired) electrons.